The first-order chi connectivity index (χ1) is 13.1. The van der Waals surface area contributed by atoms with Crippen molar-refractivity contribution in [3.05, 3.63) is 82.0 Å². The van der Waals surface area contributed by atoms with Crippen molar-refractivity contribution in [2.24, 2.45) is 0 Å². The highest BCUT2D eigenvalue weighted by Crippen LogP contribution is 2.30. The van der Waals surface area contributed by atoms with Crippen LogP contribution in [0.1, 0.15) is 15.9 Å². The van der Waals surface area contributed by atoms with Crippen LogP contribution < -0.4 is 10.6 Å². The number of anilines is 2. The summed E-state index contributed by atoms with van der Waals surface area (Å²) in [6.45, 7) is 0.424. The van der Waals surface area contributed by atoms with Crippen LogP contribution >= 0.6 is 0 Å². The summed E-state index contributed by atoms with van der Waals surface area (Å²) >= 11 is 0. The molecule has 0 aliphatic heterocycles. The number of pyridine rings is 1. The second kappa shape index (κ2) is 8.09. The van der Waals surface area contributed by atoms with Gasteiger partial charge in [-0.25, -0.2) is 4.98 Å². The zero-order valence-electron chi connectivity index (χ0n) is 14.7. The molecule has 2 N–H and O–H groups in total. The van der Waals surface area contributed by atoms with Crippen LogP contribution in [-0.4, -0.2) is 23.2 Å². The molecular formula is C20H18N4O3. The minimum Gasteiger partial charge on any atom is -0.381 e. The Balaban J connectivity index is 1.88. The lowest BCUT2D eigenvalue weighted by Gasteiger charge is -2.13. The van der Waals surface area contributed by atoms with Crippen molar-refractivity contribution in [2.45, 2.75) is 6.54 Å². The van der Waals surface area contributed by atoms with Gasteiger partial charge in [0, 0.05) is 48.7 Å². The van der Waals surface area contributed by atoms with Gasteiger partial charge in [0.1, 0.15) is 5.82 Å². The molecule has 2 aromatic carbocycles. The van der Waals surface area contributed by atoms with E-state index >= 15 is 0 Å². The Bertz CT molecular complexity index is 988. The molecular weight excluding hydrogens is 344 g/mol. The number of carbonyl (C=O) groups is 1. The van der Waals surface area contributed by atoms with Gasteiger partial charge in [0.05, 0.1) is 4.92 Å². The van der Waals surface area contributed by atoms with Gasteiger partial charge in [0.2, 0.25) is 0 Å². The summed E-state index contributed by atoms with van der Waals surface area (Å²) in [5.74, 6) is 0.677. The van der Waals surface area contributed by atoms with Gasteiger partial charge in [0.25, 0.3) is 5.69 Å². The summed E-state index contributed by atoms with van der Waals surface area (Å²) in [5.41, 5.74) is 3.78. The predicted molar refractivity (Wildman–Crippen MR) is 105 cm³/mol. The average Bonchev–Trinajstić information content (AvgIpc) is 2.72. The van der Waals surface area contributed by atoms with Gasteiger partial charge >= 0.3 is 0 Å². The minimum atomic E-state index is -0.415. The molecule has 7 nitrogen and oxygen atoms in total. The van der Waals surface area contributed by atoms with Gasteiger partial charge in [-0.15, -0.1) is 0 Å². The summed E-state index contributed by atoms with van der Waals surface area (Å²) in [5, 5.41) is 17.2. The van der Waals surface area contributed by atoms with E-state index in [1.165, 1.54) is 12.1 Å². The maximum atomic E-state index is 11.5. The summed E-state index contributed by atoms with van der Waals surface area (Å²) in [4.78, 5) is 26.2. The molecule has 0 aliphatic rings. The standard InChI is InChI=1S/C20H18N4O3/c1-21-20-18(6-3-9-22-20)19-11-16(8-7-15(19)13-25)23-12-14-4-2-5-17(10-14)24(26)27/h2-11,13,23H,12H2,1H3,(H,21,22). The summed E-state index contributed by atoms with van der Waals surface area (Å²) < 4.78 is 0. The molecule has 0 amide bonds. The maximum Gasteiger partial charge on any atom is 0.269 e. The second-order valence-electron chi connectivity index (χ2n) is 5.85. The summed E-state index contributed by atoms with van der Waals surface area (Å²) in [6, 6.07) is 15.6. The van der Waals surface area contributed by atoms with Gasteiger partial charge in [0.15, 0.2) is 6.29 Å². The molecule has 0 fully saturated rings. The third kappa shape index (κ3) is 4.09. The molecule has 0 saturated heterocycles. The molecule has 0 saturated carbocycles. The van der Waals surface area contributed by atoms with Crippen molar-refractivity contribution >= 4 is 23.5 Å². The van der Waals surface area contributed by atoms with Crippen LogP contribution in [0.3, 0.4) is 0 Å². The van der Waals surface area contributed by atoms with E-state index in [1.54, 1.807) is 31.4 Å². The van der Waals surface area contributed by atoms with Gasteiger partial charge in [-0.1, -0.05) is 12.1 Å². The third-order valence-electron chi connectivity index (χ3n) is 4.13. The Morgan fingerprint density at radius 3 is 2.70 bits per heavy atom. The van der Waals surface area contributed by atoms with Crippen LogP contribution in [-0.2, 0) is 6.54 Å². The quantitative estimate of drug-likeness (QED) is 0.373. The molecule has 1 heterocycles. The highest BCUT2D eigenvalue weighted by Gasteiger charge is 2.11. The molecule has 0 bridgehead atoms. The first-order valence-corrected chi connectivity index (χ1v) is 8.32. The van der Waals surface area contributed by atoms with Gasteiger partial charge < -0.3 is 10.6 Å². The monoisotopic (exact) mass is 362 g/mol. The van der Waals surface area contributed by atoms with Crippen molar-refractivity contribution in [1.82, 2.24) is 4.98 Å². The van der Waals surface area contributed by atoms with E-state index in [0.717, 1.165) is 28.7 Å². The lowest BCUT2D eigenvalue weighted by molar-refractivity contribution is -0.384. The molecule has 0 radical (unpaired) electrons. The smallest absolute Gasteiger partial charge is 0.269 e. The third-order valence-corrected chi connectivity index (χ3v) is 4.13. The van der Waals surface area contributed by atoms with E-state index in [4.69, 9.17) is 0 Å². The number of rotatable bonds is 7. The number of nitro groups is 1. The van der Waals surface area contributed by atoms with Crippen molar-refractivity contribution < 1.29 is 9.72 Å². The fraction of sp³-hybridized carbons (Fsp3) is 0.100. The highest BCUT2D eigenvalue weighted by molar-refractivity contribution is 5.92. The van der Waals surface area contributed by atoms with Gasteiger partial charge in [-0.3, -0.25) is 14.9 Å². The van der Waals surface area contributed by atoms with E-state index in [0.29, 0.717) is 17.9 Å². The molecule has 0 atom stereocenters. The number of aromatic nitrogens is 1. The van der Waals surface area contributed by atoms with E-state index in [2.05, 4.69) is 15.6 Å². The molecule has 3 aromatic rings. The van der Waals surface area contributed by atoms with Crippen LogP contribution in [0.2, 0.25) is 0 Å². The molecule has 136 valence electrons. The molecule has 0 unspecified atom stereocenters. The molecule has 7 heteroatoms. The van der Waals surface area contributed by atoms with E-state index in [-0.39, 0.29) is 5.69 Å². The number of benzene rings is 2. The number of nitrogens with one attached hydrogen (secondary N) is 2. The maximum absolute atomic E-state index is 11.5. The largest absolute Gasteiger partial charge is 0.381 e. The Labute approximate surface area is 156 Å². The lowest BCUT2D eigenvalue weighted by Crippen LogP contribution is -2.02. The topological polar surface area (TPSA) is 97.2 Å². The second-order valence-corrected chi connectivity index (χ2v) is 5.85. The van der Waals surface area contributed by atoms with Gasteiger partial charge in [-0.2, -0.15) is 0 Å². The normalized spacial score (nSPS) is 10.3. The van der Waals surface area contributed by atoms with Crippen LogP contribution in [0.5, 0.6) is 0 Å². The number of hydrogen-bond donors (Lipinski definition) is 2. The average molecular weight is 362 g/mol. The van der Waals surface area contributed by atoms with E-state index in [1.807, 2.05) is 24.3 Å². The van der Waals surface area contributed by atoms with Gasteiger partial charge in [-0.05, 0) is 41.5 Å². The Hall–Kier alpha value is -3.74. The molecule has 0 spiro atoms. The SMILES string of the molecule is CNc1ncccc1-c1cc(NCc2cccc([N+](=O)[O-])c2)ccc1C=O. The number of carbonyl (C=O) groups excluding carboxylic acids is 1. The molecule has 1 aromatic heterocycles. The van der Waals surface area contributed by atoms with Crippen molar-refractivity contribution in [3.8, 4) is 11.1 Å². The number of aldehydes is 1. The number of nitro benzene ring substituents is 1. The summed E-state index contributed by atoms with van der Waals surface area (Å²) in [7, 11) is 1.77. The molecule has 0 aliphatic carbocycles. The van der Waals surface area contributed by atoms with E-state index < -0.39 is 4.92 Å². The van der Waals surface area contributed by atoms with Crippen molar-refractivity contribution in [1.29, 1.82) is 0 Å². The fourth-order valence-electron chi connectivity index (χ4n) is 2.81. The fourth-order valence-corrected chi connectivity index (χ4v) is 2.81. The first-order valence-electron chi connectivity index (χ1n) is 8.32. The number of non-ortho nitro benzene ring substituents is 1. The molecule has 3 rings (SSSR count). The van der Waals surface area contributed by atoms with Crippen LogP contribution in [0.25, 0.3) is 11.1 Å². The van der Waals surface area contributed by atoms with Crippen LogP contribution in [0, 0.1) is 10.1 Å². The lowest BCUT2D eigenvalue weighted by atomic mass is 10.00. The van der Waals surface area contributed by atoms with Crippen LogP contribution in [0.4, 0.5) is 17.2 Å². The van der Waals surface area contributed by atoms with E-state index in [9.17, 15) is 14.9 Å². The minimum absolute atomic E-state index is 0.0558. The zero-order valence-corrected chi connectivity index (χ0v) is 14.7. The van der Waals surface area contributed by atoms with Crippen molar-refractivity contribution in [2.75, 3.05) is 17.7 Å². The number of nitrogens with zero attached hydrogens (tertiary/aromatic N) is 2. The Morgan fingerprint density at radius 2 is 1.96 bits per heavy atom. The van der Waals surface area contributed by atoms with Crippen molar-refractivity contribution in [3.63, 3.8) is 0 Å². The summed E-state index contributed by atoms with van der Waals surface area (Å²) in [6.07, 6.45) is 2.49. The molecule has 27 heavy (non-hydrogen) atoms. The highest BCUT2D eigenvalue weighted by atomic mass is 16.6. The predicted octanol–water partition coefficient (Wildman–Crippen LogP) is 4.12. The number of hydrogen-bond acceptors (Lipinski definition) is 6. The first kappa shape index (κ1) is 18.1. The zero-order chi connectivity index (χ0) is 19.2. The Morgan fingerprint density at radius 1 is 1.11 bits per heavy atom. The van der Waals surface area contributed by atoms with Crippen LogP contribution in [0.15, 0.2) is 60.8 Å². The Kier molecular flexibility index (Phi) is 5.41.